The van der Waals surface area contributed by atoms with E-state index in [1.807, 2.05) is 31.7 Å². The van der Waals surface area contributed by atoms with Gasteiger partial charge in [-0.3, -0.25) is 4.79 Å². The number of nitrogens with one attached hydrogen (secondary N) is 1. The molecule has 1 fully saturated rings. The van der Waals surface area contributed by atoms with Gasteiger partial charge in [-0.2, -0.15) is 11.8 Å². The average Bonchev–Trinajstić information content (AvgIpc) is 2.87. The summed E-state index contributed by atoms with van der Waals surface area (Å²) in [6.07, 6.45) is 3.53. The molecule has 0 aromatic carbocycles. The van der Waals surface area contributed by atoms with Gasteiger partial charge in [0.15, 0.2) is 0 Å². The van der Waals surface area contributed by atoms with Crippen LogP contribution in [0, 0.1) is 13.8 Å². The molecule has 1 aliphatic rings. The maximum absolute atomic E-state index is 12.2. The van der Waals surface area contributed by atoms with E-state index in [0.717, 1.165) is 17.9 Å². The highest BCUT2D eigenvalue weighted by Gasteiger charge is 2.29. The van der Waals surface area contributed by atoms with E-state index in [-0.39, 0.29) is 5.91 Å². The van der Waals surface area contributed by atoms with Gasteiger partial charge < -0.3 is 9.73 Å². The van der Waals surface area contributed by atoms with Gasteiger partial charge in [-0.25, -0.2) is 0 Å². The molecule has 100 valence electrons. The van der Waals surface area contributed by atoms with Crippen LogP contribution in [-0.2, 0) is 0 Å². The van der Waals surface area contributed by atoms with Crippen LogP contribution in [0.3, 0.4) is 0 Å². The number of carbonyl (C=O) groups excluding carboxylic acids is 1. The third kappa shape index (κ3) is 2.91. The first-order valence-electron chi connectivity index (χ1n) is 6.61. The van der Waals surface area contributed by atoms with Crippen LogP contribution >= 0.6 is 11.8 Å². The molecular formula is C14H21NO2S. The Kier molecular flexibility index (Phi) is 4.38. The number of carbonyl (C=O) groups is 1. The van der Waals surface area contributed by atoms with Crippen molar-refractivity contribution in [3.63, 3.8) is 0 Å². The highest BCUT2D eigenvalue weighted by atomic mass is 32.2. The standard InChI is InChI=1S/C14H21NO2S/c1-4-18-13-7-5-6-12(13)15-14(16)11-8-9(2)17-10(11)3/h8,12-13H,4-7H2,1-3H3,(H,15,16)/t12-,13+/m0/s1. The molecule has 4 heteroatoms. The lowest BCUT2D eigenvalue weighted by Gasteiger charge is -2.19. The van der Waals surface area contributed by atoms with E-state index in [1.54, 1.807) is 0 Å². The average molecular weight is 267 g/mol. The predicted octanol–water partition coefficient (Wildman–Crippen LogP) is 3.30. The summed E-state index contributed by atoms with van der Waals surface area (Å²) < 4.78 is 5.41. The summed E-state index contributed by atoms with van der Waals surface area (Å²) in [6, 6.07) is 2.14. The van der Waals surface area contributed by atoms with Crippen LogP contribution in [-0.4, -0.2) is 23.0 Å². The Bertz CT molecular complexity index is 427. The van der Waals surface area contributed by atoms with Crippen molar-refractivity contribution in [1.82, 2.24) is 5.32 Å². The van der Waals surface area contributed by atoms with Crippen LogP contribution in [0.15, 0.2) is 10.5 Å². The molecule has 1 aliphatic carbocycles. The molecule has 0 spiro atoms. The molecule has 1 aromatic rings. The predicted molar refractivity (Wildman–Crippen MR) is 75.2 cm³/mol. The minimum absolute atomic E-state index is 0.0120. The Balaban J connectivity index is 2.00. The Morgan fingerprint density at radius 2 is 2.28 bits per heavy atom. The summed E-state index contributed by atoms with van der Waals surface area (Å²) >= 11 is 1.96. The monoisotopic (exact) mass is 267 g/mol. The number of thioether (sulfide) groups is 1. The molecule has 0 bridgehead atoms. The molecular weight excluding hydrogens is 246 g/mol. The molecule has 0 saturated heterocycles. The second kappa shape index (κ2) is 5.83. The second-order valence-corrected chi connectivity index (χ2v) is 6.35. The lowest BCUT2D eigenvalue weighted by Crippen LogP contribution is -2.38. The summed E-state index contributed by atoms with van der Waals surface area (Å²) in [6.45, 7) is 5.88. The third-order valence-corrected chi connectivity index (χ3v) is 4.76. The number of aryl methyl sites for hydroxylation is 2. The van der Waals surface area contributed by atoms with Crippen LogP contribution in [0.4, 0.5) is 0 Å². The van der Waals surface area contributed by atoms with Crippen molar-refractivity contribution in [2.75, 3.05) is 5.75 Å². The lowest BCUT2D eigenvalue weighted by atomic mass is 10.2. The van der Waals surface area contributed by atoms with Gasteiger partial charge in [0.05, 0.1) is 5.56 Å². The number of amides is 1. The maximum atomic E-state index is 12.2. The minimum Gasteiger partial charge on any atom is -0.466 e. The van der Waals surface area contributed by atoms with Crippen molar-refractivity contribution in [3.05, 3.63) is 23.2 Å². The lowest BCUT2D eigenvalue weighted by molar-refractivity contribution is 0.0937. The summed E-state index contributed by atoms with van der Waals surface area (Å²) in [4.78, 5) is 12.2. The van der Waals surface area contributed by atoms with E-state index in [0.29, 0.717) is 22.6 Å². The number of rotatable bonds is 4. The SMILES string of the molecule is CCS[C@@H]1CCC[C@@H]1NC(=O)c1cc(C)oc1C. The van der Waals surface area contributed by atoms with Gasteiger partial charge in [-0.1, -0.05) is 13.3 Å². The molecule has 0 aliphatic heterocycles. The summed E-state index contributed by atoms with van der Waals surface area (Å²) in [5, 5.41) is 3.74. The third-order valence-electron chi connectivity index (χ3n) is 3.44. The van der Waals surface area contributed by atoms with E-state index < -0.39 is 0 Å². The fourth-order valence-electron chi connectivity index (χ4n) is 2.61. The van der Waals surface area contributed by atoms with Gasteiger partial charge in [0, 0.05) is 11.3 Å². The molecule has 2 atom stereocenters. The molecule has 1 amide bonds. The van der Waals surface area contributed by atoms with Crippen LogP contribution in [0.1, 0.15) is 48.1 Å². The van der Waals surface area contributed by atoms with Crippen molar-refractivity contribution < 1.29 is 9.21 Å². The molecule has 18 heavy (non-hydrogen) atoms. The van der Waals surface area contributed by atoms with Crippen LogP contribution in [0.2, 0.25) is 0 Å². The highest BCUT2D eigenvalue weighted by molar-refractivity contribution is 7.99. The molecule has 1 saturated carbocycles. The van der Waals surface area contributed by atoms with Crippen molar-refractivity contribution in [1.29, 1.82) is 0 Å². The molecule has 2 rings (SSSR count). The van der Waals surface area contributed by atoms with Gasteiger partial charge >= 0.3 is 0 Å². The van der Waals surface area contributed by atoms with Gasteiger partial charge in [0.1, 0.15) is 11.5 Å². The van der Waals surface area contributed by atoms with Crippen molar-refractivity contribution >= 4 is 17.7 Å². The van der Waals surface area contributed by atoms with Crippen LogP contribution in [0.5, 0.6) is 0 Å². The second-order valence-electron chi connectivity index (χ2n) is 4.83. The zero-order valence-electron chi connectivity index (χ0n) is 11.3. The zero-order chi connectivity index (χ0) is 13.1. The Morgan fingerprint density at radius 3 is 2.89 bits per heavy atom. The van der Waals surface area contributed by atoms with Gasteiger partial charge in [0.2, 0.25) is 0 Å². The summed E-state index contributed by atoms with van der Waals surface area (Å²) in [7, 11) is 0. The number of hydrogen-bond donors (Lipinski definition) is 1. The molecule has 1 aromatic heterocycles. The van der Waals surface area contributed by atoms with Crippen molar-refractivity contribution in [2.45, 2.75) is 51.3 Å². The number of furan rings is 1. The largest absolute Gasteiger partial charge is 0.466 e. The minimum atomic E-state index is 0.0120. The molecule has 1 heterocycles. The summed E-state index contributed by atoms with van der Waals surface area (Å²) in [5.74, 6) is 2.63. The first kappa shape index (κ1) is 13.5. The van der Waals surface area contributed by atoms with Gasteiger partial charge in [-0.15, -0.1) is 0 Å². The molecule has 1 N–H and O–H groups in total. The van der Waals surface area contributed by atoms with E-state index >= 15 is 0 Å². The normalized spacial score (nSPS) is 23.3. The molecule has 0 unspecified atom stereocenters. The van der Waals surface area contributed by atoms with Crippen molar-refractivity contribution in [3.8, 4) is 0 Å². The van der Waals surface area contributed by atoms with Crippen molar-refractivity contribution in [2.24, 2.45) is 0 Å². The quantitative estimate of drug-likeness (QED) is 0.910. The van der Waals surface area contributed by atoms with E-state index in [1.165, 1.54) is 12.8 Å². The fraction of sp³-hybridized carbons (Fsp3) is 0.643. The Morgan fingerprint density at radius 1 is 1.50 bits per heavy atom. The highest BCUT2D eigenvalue weighted by Crippen LogP contribution is 2.30. The Labute approximate surface area is 113 Å². The van der Waals surface area contributed by atoms with Crippen LogP contribution in [0.25, 0.3) is 0 Å². The van der Waals surface area contributed by atoms with E-state index in [4.69, 9.17) is 4.42 Å². The summed E-state index contributed by atoms with van der Waals surface area (Å²) in [5.41, 5.74) is 0.680. The molecule has 3 nitrogen and oxygen atoms in total. The zero-order valence-corrected chi connectivity index (χ0v) is 12.1. The fourth-order valence-corrected chi connectivity index (χ4v) is 3.81. The van der Waals surface area contributed by atoms with Gasteiger partial charge in [0.25, 0.3) is 5.91 Å². The first-order chi connectivity index (χ1) is 8.61. The first-order valence-corrected chi connectivity index (χ1v) is 7.66. The Hall–Kier alpha value is -0.900. The number of hydrogen-bond acceptors (Lipinski definition) is 3. The maximum Gasteiger partial charge on any atom is 0.255 e. The van der Waals surface area contributed by atoms with Gasteiger partial charge in [-0.05, 0) is 38.5 Å². The van der Waals surface area contributed by atoms with E-state index in [2.05, 4.69) is 12.2 Å². The molecule has 0 radical (unpaired) electrons. The topological polar surface area (TPSA) is 42.2 Å². The van der Waals surface area contributed by atoms with Crippen LogP contribution < -0.4 is 5.32 Å². The smallest absolute Gasteiger partial charge is 0.255 e. The van der Waals surface area contributed by atoms with E-state index in [9.17, 15) is 4.79 Å².